The molecule has 4 fully saturated rings. The van der Waals surface area contributed by atoms with Crippen LogP contribution in [0.2, 0.25) is 0 Å². The minimum atomic E-state index is -0.790. The van der Waals surface area contributed by atoms with Crippen molar-refractivity contribution < 1.29 is 38.4 Å². The van der Waals surface area contributed by atoms with Crippen molar-refractivity contribution in [2.45, 2.75) is 146 Å². The molecule has 1 spiro atoms. The van der Waals surface area contributed by atoms with Crippen molar-refractivity contribution in [1.82, 2.24) is 15.5 Å². The van der Waals surface area contributed by atoms with E-state index in [0.717, 1.165) is 37.7 Å². The van der Waals surface area contributed by atoms with Crippen LogP contribution in [0.1, 0.15) is 86.0 Å². The van der Waals surface area contributed by atoms with Gasteiger partial charge in [0.05, 0.1) is 37.4 Å². The first-order valence-electron chi connectivity index (χ1n) is 17.3. The highest BCUT2D eigenvalue weighted by Gasteiger charge is 2.58. The Morgan fingerprint density at radius 1 is 1.06 bits per heavy atom. The van der Waals surface area contributed by atoms with Crippen molar-refractivity contribution in [3.63, 3.8) is 0 Å². The Morgan fingerprint density at radius 3 is 2.40 bits per heavy atom. The molecule has 3 saturated heterocycles. The summed E-state index contributed by atoms with van der Waals surface area (Å²) in [6.07, 6.45) is 13.0. The number of rotatable bonds is 12. The van der Waals surface area contributed by atoms with Crippen LogP contribution < -0.4 is 10.6 Å². The Labute approximate surface area is 280 Å². The first kappa shape index (κ1) is 37.3. The van der Waals surface area contributed by atoms with Gasteiger partial charge in [-0.2, -0.15) is 0 Å². The van der Waals surface area contributed by atoms with Crippen molar-refractivity contribution in [3.05, 3.63) is 36.0 Å². The quantitative estimate of drug-likeness (QED) is 0.125. The summed E-state index contributed by atoms with van der Waals surface area (Å²) in [6, 6.07) is 0.663. The third-order valence-electron chi connectivity index (χ3n) is 10.1. The summed E-state index contributed by atoms with van der Waals surface area (Å²) in [5.74, 6) is -0.418. The van der Waals surface area contributed by atoms with Crippen molar-refractivity contribution in [3.8, 4) is 0 Å². The van der Waals surface area contributed by atoms with Crippen LogP contribution in [0.25, 0.3) is 0 Å². The van der Waals surface area contributed by atoms with E-state index in [-0.39, 0.29) is 54.5 Å². The number of epoxide rings is 1. The van der Waals surface area contributed by atoms with Gasteiger partial charge in [0.15, 0.2) is 0 Å². The Kier molecular flexibility index (Phi) is 13.2. The first-order valence-corrected chi connectivity index (χ1v) is 17.3. The SMILES string of the molecule is CC(=O)OC(C)/C=C\C(=O)N[C@@H]1C[C@H](C)[C@H](C/C=C(C)/C=C/[C@H]2O[C@H](CC(=O)NC3CCC(N(C)C)CC3)C[C@@]3(CO3)[C@@H]2O)O[C@@H]1C. The van der Waals surface area contributed by atoms with Crippen LogP contribution in [-0.4, -0.2) is 109 Å². The third-order valence-corrected chi connectivity index (χ3v) is 10.1. The van der Waals surface area contributed by atoms with Crippen LogP contribution in [0.4, 0.5) is 0 Å². The molecule has 0 bridgehead atoms. The number of nitrogens with one attached hydrogen (secondary N) is 2. The number of hydrogen-bond donors (Lipinski definition) is 3. The zero-order valence-electron chi connectivity index (χ0n) is 29.3. The lowest BCUT2D eigenvalue weighted by atomic mass is 9.87. The molecule has 2 amide bonds. The molecule has 1 aliphatic carbocycles. The molecule has 0 aromatic carbocycles. The van der Waals surface area contributed by atoms with Crippen LogP contribution in [0.15, 0.2) is 36.0 Å². The van der Waals surface area contributed by atoms with E-state index in [1.807, 2.05) is 26.0 Å². The van der Waals surface area contributed by atoms with Crippen molar-refractivity contribution in [2.75, 3.05) is 20.7 Å². The summed E-state index contributed by atoms with van der Waals surface area (Å²) in [7, 11) is 4.22. The van der Waals surface area contributed by atoms with Gasteiger partial charge >= 0.3 is 5.97 Å². The van der Waals surface area contributed by atoms with Gasteiger partial charge in [-0.15, -0.1) is 0 Å². The third kappa shape index (κ3) is 11.0. The normalized spacial score (nSPS) is 36.9. The van der Waals surface area contributed by atoms with E-state index in [0.29, 0.717) is 25.5 Å². The highest BCUT2D eigenvalue weighted by molar-refractivity contribution is 5.87. The number of aliphatic hydroxyl groups is 1. The Balaban J connectivity index is 1.24. The molecule has 1 unspecified atom stereocenters. The predicted octanol–water partition coefficient (Wildman–Crippen LogP) is 3.35. The Morgan fingerprint density at radius 2 is 1.77 bits per heavy atom. The zero-order valence-corrected chi connectivity index (χ0v) is 29.3. The number of nitrogens with zero attached hydrogens (tertiary/aromatic N) is 1. The largest absolute Gasteiger partial charge is 0.459 e. The van der Waals surface area contributed by atoms with Gasteiger partial charge < -0.3 is 39.6 Å². The summed E-state index contributed by atoms with van der Waals surface area (Å²) in [5, 5.41) is 17.3. The molecule has 11 heteroatoms. The number of ether oxygens (including phenoxy) is 4. The molecule has 11 nitrogen and oxygen atoms in total. The average Bonchev–Trinajstić information content (AvgIpc) is 3.77. The van der Waals surface area contributed by atoms with Gasteiger partial charge in [-0.1, -0.05) is 30.7 Å². The van der Waals surface area contributed by atoms with E-state index in [1.165, 1.54) is 13.0 Å². The molecule has 0 radical (unpaired) electrons. The number of carbonyl (C=O) groups excluding carboxylic acids is 3. The van der Waals surface area contributed by atoms with E-state index in [2.05, 4.69) is 42.6 Å². The molecule has 4 aliphatic rings. The summed E-state index contributed by atoms with van der Waals surface area (Å²) in [5.41, 5.74) is 0.384. The number of carbonyl (C=O) groups is 3. The van der Waals surface area contributed by atoms with Crippen LogP contribution in [0.3, 0.4) is 0 Å². The van der Waals surface area contributed by atoms with E-state index >= 15 is 0 Å². The smallest absolute Gasteiger partial charge is 0.303 e. The van der Waals surface area contributed by atoms with Gasteiger partial charge in [0, 0.05) is 31.5 Å². The minimum Gasteiger partial charge on any atom is -0.459 e. The number of aliphatic hydroxyl groups excluding tert-OH is 1. The molecule has 264 valence electrons. The lowest BCUT2D eigenvalue weighted by Gasteiger charge is -2.39. The average molecular weight is 660 g/mol. The fourth-order valence-corrected chi connectivity index (χ4v) is 7.12. The number of hydrogen-bond acceptors (Lipinski definition) is 9. The summed E-state index contributed by atoms with van der Waals surface area (Å²) >= 11 is 0. The van der Waals surface area contributed by atoms with E-state index in [1.54, 1.807) is 13.0 Å². The Hall–Kier alpha value is -2.57. The van der Waals surface area contributed by atoms with E-state index in [4.69, 9.17) is 18.9 Å². The molecule has 0 aromatic rings. The standard InChI is InChI=1S/C36H57N3O8/c1-22(8-15-31-23(2)18-30(25(4)46-31)38-33(41)17-10-24(3)45-26(5)40)9-16-32-35(43)36(21-44-36)20-29(47-32)19-34(42)37-27-11-13-28(14-12-27)39(6)7/h8-10,16-17,23-25,27-32,35,43H,11-15,18-21H2,1-7H3,(H,37,42)(H,38,41)/b16-9+,17-10-,22-8+/t23-,24?,25+,27?,28?,29+,30+,31-,32+,35+,36+/m0/s1. The van der Waals surface area contributed by atoms with Gasteiger partial charge in [-0.3, -0.25) is 14.4 Å². The van der Waals surface area contributed by atoms with E-state index in [9.17, 15) is 19.5 Å². The molecule has 0 aromatic heterocycles. The molecular formula is C36H57N3O8. The molecule has 3 aliphatic heterocycles. The molecule has 3 N–H and O–H groups in total. The fourth-order valence-electron chi connectivity index (χ4n) is 7.12. The highest BCUT2D eigenvalue weighted by atomic mass is 16.6. The van der Waals surface area contributed by atoms with Crippen LogP contribution in [-0.2, 0) is 33.3 Å². The molecular weight excluding hydrogens is 602 g/mol. The summed E-state index contributed by atoms with van der Waals surface area (Å²) < 4.78 is 23.3. The monoisotopic (exact) mass is 659 g/mol. The molecule has 3 heterocycles. The van der Waals surface area contributed by atoms with Gasteiger partial charge in [0.2, 0.25) is 11.8 Å². The van der Waals surface area contributed by atoms with Crippen molar-refractivity contribution >= 4 is 17.8 Å². The van der Waals surface area contributed by atoms with Crippen molar-refractivity contribution in [1.29, 1.82) is 0 Å². The van der Waals surface area contributed by atoms with Gasteiger partial charge in [-0.25, -0.2) is 0 Å². The molecule has 4 rings (SSSR count). The Bertz CT molecular complexity index is 1170. The lowest BCUT2D eigenvalue weighted by Crippen LogP contribution is -2.51. The second-order valence-corrected chi connectivity index (χ2v) is 14.4. The molecule has 1 saturated carbocycles. The van der Waals surface area contributed by atoms with Crippen LogP contribution in [0.5, 0.6) is 0 Å². The van der Waals surface area contributed by atoms with Gasteiger partial charge in [0.25, 0.3) is 0 Å². The van der Waals surface area contributed by atoms with Crippen LogP contribution >= 0.6 is 0 Å². The lowest BCUT2D eigenvalue weighted by molar-refractivity contribution is -0.146. The maximum Gasteiger partial charge on any atom is 0.303 e. The maximum absolute atomic E-state index is 12.9. The second-order valence-electron chi connectivity index (χ2n) is 14.4. The number of amides is 2. The van der Waals surface area contributed by atoms with Crippen LogP contribution in [0, 0.1) is 5.92 Å². The fraction of sp³-hybridized carbons (Fsp3) is 0.750. The number of allylic oxidation sites excluding steroid dienone is 2. The van der Waals surface area contributed by atoms with Gasteiger partial charge in [0.1, 0.15) is 23.9 Å². The number of esters is 1. The minimum absolute atomic E-state index is 0.00140. The zero-order chi connectivity index (χ0) is 34.3. The maximum atomic E-state index is 12.9. The van der Waals surface area contributed by atoms with Gasteiger partial charge in [-0.05, 0) is 85.4 Å². The predicted molar refractivity (Wildman–Crippen MR) is 178 cm³/mol. The molecule has 9 atom stereocenters. The summed E-state index contributed by atoms with van der Waals surface area (Å²) in [6.45, 7) is 9.61. The van der Waals surface area contributed by atoms with E-state index < -0.39 is 29.9 Å². The molecule has 47 heavy (non-hydrogen) atoms. The highest BCUT2D eigenvalue weighted by Crippen LogP contribution is 2.43. The second kappa shape index (κ2) is 16.7. The van der Waals surface area contributed by atoms with Crippen molar-refractivity contribution in [2.24, 2.45) is 5.92 Å². The summed E-state index contributed by atoms with van der Waals surface area (Å²) in [4.78, 5) is 38.7. The first-order chi connectivity index (χ1) is 22.2. The topological polar surface area (TPSA) is 139 Å².